The summed E-state index contributed by atoms with van der Waals surface area (Å²) in [6.45, 7) is 7.48. The fourth-order valence-corrected chi connectivity index (χ4v) is 2.71. The molecular weight excluding hydrogens is 340 g/mol. The van der Waals surface area contributed by atoms with Gasteiger partial charge in [0.1, 0.15) is 10.9 Å². The maximum Gasteiger partial charge on any atom is 0.319 e. The van der Waals surface area contributed by atoms with Crippen molar-refractivity contribution < 1.29 is 23.8 Å². The zero-order valence-corrected chi connectivity index (χ0v) is 14.6. The number of hydrogen-bond acceptors (Lipinski definition) is 5. The SMILES string of the molecule is CCOC(=O)C(Br)CC1CC(COCCC(C)C)OC1=O. The van der Waals surface area contributed by atoms with Crippen molar-refractivity contribution in [3.05, 3.63) is 0 Å². The van der Waals surface area contributed by atoms with E-state index < -0.39 is 4.83 Å². The van der Waals surface area contributed by atoms with Crippen LogP contribution < -0.4 is 0 Å². The number of rotatable bonds is 9. The minimum absolute atomic E-state index is 0.198. The lowest BCUT2D eigenvalue weighted by Crippen LogP contribution is -2.22. The predicted octanol–water partition coefficient (Wildman–Crippen LogP) is 2.70. The minimum Gasteiger partial charge on any atom is -0.465 e. The summed E-state index contributed by atoms with van der Waals surface area (Å²) in [7, 11) is 0. The van der Waals surface area contributed by atoms with Crippen molar-refractivity contribution in [2.45, 2.75) is 51.0 Å². The number of ether oxygens (including phenoxy) is 3. The lowest BCUT2D eigenvalue weighted by molar-refractivity contribution is -0.146. The Morgan fingerprint density at radius 3 is 2.81 bits per heavy atom. The summed E-state index contributed by atoms with van der Waals surface area (Å²) in [5, 5.41) is 0. The molecule has 3 unspecified atom stereocenters. The third-order valence-electron chi connectivity index (χ3n) is 3.34. The second-order valence-corrected chi connectivity index (χ2v) is 6.81. The topological polar surface area (TPSA) is 61.8 Å². The zero-order chi connectivity index (χ0) is 15.8. The van der Waals surface area contributed by atoms with Gasteiger partial charge in [0.15, 0.2) is 0 Å². The van der Waals surface area contributed by atoms with Gasteiger partial charge in [0.2, 0.25) is 0 Å². The van der Waals surface area contributed by atoms with E-state index in [4.69, 9.17) is 14.2 Å². The normalized spacial score (nSPS) is 23.2. The first kappa shape index (κ1) is 18.4. The van der Waals surface area contributed by atoms with E-state index in [-0.39, 0.29) is 24.0 Å². The number of carbonyl (C=O) groups is 2. The van der Waals surface area contributed by atoms with Crippen molar-refractivity contribution in [3.8, 4) is 0 Å². The molecule has 5 nitrogen and oxygen atoms in total. The Kier molecular flexibility index (Phi) is 8.26. The molecule has 0 aromatic heterocycles. The highest BCUT2D eigenvalue weighted by atomic mass is 79.9. The maximum atomic E-state index is 11.8. The van der Waals surface area contributed by atoms with Crippen LogP contribution >= 0.6 is 15.9 Å². The number of hydrogen-bond donors (Lipinski definition) is 0. The highest BCUT2D eigenvalue weighted by molar-refractivity contribution is 9.10. The molecule has 1 rings (SSSR count). The molecule has 6 heteroatoms. The van der Waals surface area contributed by atoms with Gasteiger partial charge in [-0.25, -0.2) is 0 Å². The number of esters is 2. The van der Waals surface area contributed by atoms with E-state index in [1.807, 2.05) is 0 Å². The number of halogens is 1. The largest absolute Gasteiger partial charge is 0.465 e. The minimum atomic E-state index is -0.462. The zero-order valence-electron chi connectivity index (χ0n) is 13.0. The molecule has 0 radical (unpaired) electrons. The summed E-state index contributed by atoms with van der Waals surface area (Å²) in [6, 6.07) is 0. The second-order valence-electron chi connectivity index (χ2n) is 5.70. The van der Waals surface area contributed by atoms with Crippen LogP contribution in [-0.4, -0.2) is 42.7 Å². The average molecular weight is 365 g/mol. The van der Waals surface area contributed by atoms with Crippen LogP contribution in [0.4, 0.5) is 0 Å². The molecule has 0 aliphatic carbocycles. The lowest BCUT2D eigenvalue weighted by atomic mass is 9.99. The van der Waals surface area contributed by atoms with Crippen LogP contribution in [0.3, 0.4) is 0 Å². The lowest BCUT2D eigenvalue weighted by Gasteiger charge is -2.12. The molecule has 122 valence electrons. The standard InChI is InChI=1S/C15H25BrO5/c1-4-20-15(18)13(16)8-11-7-12(21-14(11)17)9-19-6-5-10(2)3/h10-13H,4-9H2,1-3H3. The molecule has 1 heterocycles. The van der Waals surface area contributed by atoms with E-state index in [2.05, 4.69) is 29.8 Å². The quantitative estimate of drug-likeness (QED) is 0.357. The van der Waals surface area contributed by atoms with Crippen molar-refractivity contribution in [1.29, 1.82) is 0 Å². The molecule has 3 atom stereocenters. The molecule has 0 saturated carbocycles. The highest BCUT2D eigenvalue weighted by Crippen LogP contribution is 2.28. The first-order valence-electron chi connectivity index (χ1n) is 7.53. The van der Waals surface area contributed by atoms with Gasteiger partial charge in [0, 0.05) is 6.61 Å². The van der Waals surface area contributed by atoms with Crippen LogP contribution in [0.25, 0.3) is 0 Å². The molecule has 0 amide bonds. The van der Waals surface area contributed by atoms with Crippen LogP contribution in [-0.2, 0) is 23.8 Å². The van der Waals surface area contributed by atoms with Crippen LogP contribution in [0.2, 0.25) is 0 Å². The Balaban J connectivity index is 2.29. The molecule has 21 heavy (non-hydrogen) atoms. The molecule has 0 aromatic carbocycles. The van der Waals surface area contributed by atoms with Crippen LogP contribution in [0.5, 0.6) is 0 Å². The van der Waals surface area contributed by atoms with Gasteiger partial charge in [-0.1, -0.05) is 29.8 Å². The molecule has 1 fully saturated rings. The van der Waals surface area contributed by atoms with E-state index in [9.17, 15) is 9.59 Å². The van der Waals surface area contributed by atoms with E-state index in [0.717, 1.165) is 6.42 Å². The predicted molar refractivity (Wildman–Crippen MR) is 82.2 cm³/mol. The van der Waals surface area contributed by atoms with E-state index in [1.165, 1.54) is 0 Å². The van der Waals surface area contributed by atoms with Crippen LogP contribution in [0.15, 0.2) is 0 Å². The maximum absolute atomic E-state index is 11.8. The fourth-order valence-electron chi connectivity index (χ4n) is 2.13. The van der Waals surface area contributed by atoms with Crippen LogP contribution in [0, 0.1) is 11.8 Å². The molecular formula is C15H25BrO5. The van der Waals surface area contributed by atoms with E-state index in [1.54, 1.807) is 6.92 Å². The van der Waals surface area contributed by atoms with Gasteiger partial charge in [-0.15, -0.1) is 0 Å². The molecule has 1 aliphatic rings. The van der Waals surface area contributed by atoms with Gasteiger partial charge in [0.25, 0.3) is 0 Å². The number of alkyl halides is 1. The van der Waals surface area contributed by atoms with Crippen molar-refractivity contribution in [3.63, 3.8) is 0 Å². The monoisotopic (exact) mass is 364 g/mol. The third-order valence-corrected chi connectivity index (χ3v) is 4.09. The summed E-state index contributed by atoms with van der Waals surface area (Å²) in [5.74, 6) is -0.247. The summed E-state index contributed by atoms with van der Waals surface area (Å²) >= 11 is 3.27. The Bertz CT molecular complexity index is 345. The molecule has 0 bridgehead atoms. The van der Waals surface area contributed by atoms with Gasteiger partial charge in [-0.3, -0.25) is 9.59 Å². The van der Waals surface area contributed by atoms with Crippen molar-refractivity contribution >= 4 is 27.9 Å². The molecule has 0 aromatic rings. The summed E-state index contributed by atoms with van der Waals surface area (Å²) in [5.41, 5.74) is 0. The Hall–Kier alpha value is -0.620. The van der Waals surface area contributed by atoms with Crippen molar-refractivity contribution in [2.24, 2.45) is 11.8 Å². The molecule has 0 spiro atoms. The smallest absolute Gasteiger partial charge is 0.319 e. The van der Waals surface area contributed by atoms with Gasteiger partial charge < -0.3 is 14.2 Å². The van der Waals surface area contributed by atoms with Gasteiger partial charge in [-0.05, 0) is 32.1 Å². The number of cyclic esters (lactones) is 1. The van der Waals surface area contributed by atoms with Gasteiger partial charge in [-0.2, -0.15) is 0 Å². The van der Waals surface area contributed by atoms with Gasteiger partial charge >= 0.3 is 11.9 Å². The summed E-state index contributed by atoms with van der Waals surface area (Å²) in [4.78, 5) is 22.9. The fraction of sp³-hybridized carbons (Fsp3) is 0.867. The Labute approximate surface area is 134 Å². The summed E-state index contributed by atoms with van der Waals surface area (Å²) in [6.07, 6.45) is 1.80. The molecule has 1 aliphatic heterocycles. The molecule has 0 N–H and O–H groups in total. The highest BCUT2D eigenvalue weighted by Gasteiger charge is 2.37. The first-order valence-corrected chi connectivity index (χ1v) is 8.44. The Morgan fingerprint density at radius 2 is 2.19 bits per heavy atom. The van der Waals surface area contributed by atoms with E-state index in [0.29, 0.717) is 38.6 Å². The first-order chi connectivity index (χ1) is 9.93. The van der Waals surface area contributed by atoms with Crippen molar-refractivity contribution in [1.82, 2.24) is 0 Å². The number of carbonyl (C=O) groups excluding carboxylic acids is 2. The van der Waals surface area contributed by atoms with Crippen LogP contribution in [0.1, 0.15) is 40.0 Å². The van der Waals surface area contributed by atoms with E-state index >= 15 is 0 Å². The van der Waals surface area contributed by atoms with Crippen molar-refractivity contribution in [2.75, 3.05) is 19.8 Å². The van der Waals surface area contributed by atoms with Gasteiger partial charge in [0.05, 0.1) is 19.1 Å². The Morgan fingerprint density at radius 1 is 1.48 bits per heavy atom. The summed E-state index contributed by atoms with van der Waals surface area (Å²) < 4.78 is 15.7. The average Bonchev–Trinajstić information content (AvgIpc) is 2.75. The third kappa shape index (κ3) is 6.78. The second kappa shape index (κ2) is 9.41. The molecule has 1 saturated heterocycles.